The minimum Gasteiger partial charge on any atom is -0.352 e. The molecular weight excluding hydrogens is 272 g/mol. The van der Waals surface area contributed by atoms with Crippen LogP contribution in [-0.4, -0.2) is 35.4 Å². The topological polar surface area (TPSA) is 58.2 Å². The van der Waals surface area contributed by atoms with E-state index in [1.807, 2.05) is 32.5 Å². The first kappa shape index (κ1) is 17.3. The van der Waals surface area contributed by atoms with Gasteiger partial charge in [0.05, 0.1) is 6.54 Å². The van der Waals surface area contributed by atoms with E-state index in [1.54, 1.807) is 0 Å². The molecule has 0 aromatic carbocycles. The van der Waals surface area contributed by atoms with Crippen LogP contribution in [0.1, 0.15) is 53.4 Å². The average molecular weight is 300 g/mol. The van der Waals surface area contributed by atoms with Crippen molar-refractivity contribution in [2.24, 2.45) is 5.41 Å². The fourth-order valence-corrected chi connectivity index (χ4v) is 3.54. The monoisotopic (exact) mass is 300 g/mol. The van der Waals surface area contributed by atoms with Gasteiger partial charge in [0, 0.05) is 16.7 Å². The highest BCUT2D eigenvalue weighted by Crippen LogP contribution is 2.28. The summed E-state index contributed by atoms with van der Waals surface area (Å²) in [5.74, 6) is 0.970. The molecule has 2 amide bonds. The van der Waals surface area contributed by atoms with Crippen LogP contribution in [0.25, 0.3) is 0 Å². The Morgan fingerprint density at radius 1 is 1.25 bits per heavy atom. The van der Waals surface area contributed by atoms with Crippen LogP contribution in [0, 0.1) is 5.41 Å². The third-order valence-electron chi connectivity index (χ3n) is 3.48. The lowest BCUT2D eigenvalue weighted by Gasteiger charge is -2.29. The molecule has 0 aliphatic heterocycles. The molecule has 1 aliphatic rings. The Kier molecular flexibility index (Phi) is 6.86. The van der Waals surface area contributed by atoms with Crippen molar-refractivity contribution < 1.29 is 9.59 Å². The SMILES string of the molecule is CCS[C@H]1CCC[C@@H](NC(=O)CNC(=O)C(C)(C)C)C1. The highest BCUT2D eigenvalue weighted by molar-refractivity contribution is 7.99. The molecule has 116 valence electrons. The molecule has 0 aromatic heterocycles. The molecule has 0 saturated heterocycles. The van der Waals surface area contributed by atoms with Crippen molar-refractivity contribution in [2.75, 3.05) is 12.3 Å². The molecule has 0 radical (unpaired) electrons. The zero-order valence-corrected chi connectivity index (χ0v) is 13.9. The Hall–Kier alpha value is -0.710. The first-order valence-corrected chi connectivity index (χ1v) is 8.57. The van der Waals surface area contributed by atoms with Crippen molar-refractivity contribution in [3.63, 3.8) is 0 Å². The van der Waals surface area contributed by atoms with E-state index in [0.29, 0.717) is 5.25 Å². The Labute approximate surface area is 126 Å². The van der Waals surface area contributed by atoms with Crippen molar-refractivity contribution in [3.05, 3.63) is 0 Å². The lowest BCUT2D eigenvalue weighted by Crippen LogP contribution is -2.46. The molecule has 4 nitrogen and oxygen atoms in total. The van der Waals surface area contributed by atoms with Gasteiger partial charge in [-0.15, -0.1) is 0 Å². The molecule has 1 rings (SSSR count). The van der Waals surface area contributed by atoms with Crippen LogP contribution < -0.4 is 10.6 Å². The van der Waals surface area contributed by atoms with Gasteiger partial charge >= 0.3 is 0 Å². The Balaban J connectivity index is 2.30. The largest absolute Gasteiger partial charge is 0.352 e. The van der Waals surface area contributed by atoms with Gasteiger partial charge in [0.2, 0.25) is 11.8 Å². The fourth-order valence-electron chi connectivity index (χ4n) is 2.37. The van der Waals surface area contributed by atoms with Gasteiger partial charge in [0.25, 0.3) is 0 Å². The highest BCUT2D eigenvalue weighted by atomic mass is 32.2. The van der Waals surface area contributed by atoms with E-state index in [1.165, 1.54) is 12.8 Å². The molecule has 2 N–H and O–H groups in total. The molecule has 20 heavy (non-hydrogen) atoms. The maximum absolute atomic E-state index is 11.9. The van der Waals surface area contributed by atoms with Gasteiger partial charge in [0.15, 0.2) is 0 Å². The van der Waals surface area contributed by atoms with Crippen molar-refractivity contribution in [3.8, 4) is 0 Å². The lowest BCUT2D eigenvalue weighted by atomic mass is 9.95. The number of thioether (sulfide) groups is 1. The normalized spacial score (nSPS) is 23.2. The number of hydrogen-bond acceptors (Lipinski definition) is 3. The zero-order chi connectivity index (χ0) is 15.2. The summed E-state index contributed by atoms with van der Waals surface area (Å²) in [6, 6.07) is 0.270. The summed E-state index contributed by atoms with van der Waals surface area (Å²) in [6.45, 7) is 7.78. The number of carbonyl (C=O) groups is 2. The number of hydrogen-bond donors (Lipinski definition) is 2. The molecule has 1 fully saturated rings. The summed E-state index contributed by atoms with van der Waals surface area (Å²) in [7, 11) is 0. The van der Waals surface area contributed by atoms with Crippen molar-refractivity contribution in [1.82, 2.24) is 10.6 Å². The van der Waals surface area contributed by atoms with E-state index in [4.69, 9.17) is 0 Å². The van der Waals surface area contributed by atoms with Gasteiger partial charge in [-0.05, 0) is 25.0 Å². The van der Waals surface area contributed by atoms with Gasteiger partial charge < -0.3 is 10.6 Å². The summed E-state index contributed by atoms with van der Waals surface area (Å²) in [5, 5.41) is 6.41. The number of amides is 2. The number of nitrogens with one attached hydrogen (secondary N) is 2. The van der Waals surface area contributed by atoms with E-state index >= 15 is 0 Å². The Bertz CT molecular complexity index is 337. The van der Waals surface area contributed by atoms with Gasteiger partial charge in [-0.3, -0.25) is 9.59 Å². The standard InChI is InChI=1S/C15H28N2O2S/c1-5-20-12-8-6-7-11(9-12)17-13(18)10-16-14(19)15(2,3)4/h11-12H,5-10H2,1-4H3,(H,16,19)(H,17,18)/t11-,12+/m1/s1. The second kappa shape index (κ2) is 7.91. The minimum atomic E-state index is -0.450. The maximum atomic E-state index is 11.9. The molecule has 1 aliphatic carbocycles. The van der Waals surface area contributed by atoms with Crippen LogP contribution in [-0.2, 0) is 9.59 Å². The first-order valence-electron chi connectivity index (χ1n) is 7.52. The van der Waals surface area contributed by atoms with Gasteiger partial charge in [-0.25, -0.2) is 0 Å². The minimum absolute atomic E-state index is 0.0743. The number of rotatable bonds is 5. The molecule has 0 unspecified atom stereocenters. The van der Waals surface area contributed by atoms with E-state index in [-0.39, 0.29) is 24.4 Å². The summed E-state index contributed by atoms with van der Waals surface area (Å²) in [4.78, 5) is 23.6. The third kappa shape index (κ3) is 6.16. The lowest BCUT2D eigenvalue weighted by molar-refractivity contribution is -0.131. The molecule has 0 bridgehead atoms. The van der Waals surface area contributed by atoms with Crippen molar-refractivity contribution in [1.29, 1.82) is 0 Å². The molecule has 1 saturated carbocycles. The highest BCUT2D eigenvalue weighted by Gasteiger charge is 2.24. The maximum Gasteiger partial charge on any atom is 0.239 e. The van der Waals surface area contributed by atoms with Crippen LogP contribution in [0.4, 0.5) is 0 Å². The summed E-state index contributed by atoms with van der Waals surface area (Å²) in [5.41, 5.74) is -0.450. The Morgan fingerprint density at radius 3 is 2.55 bits per heavy atom. The summed E-state index contributed by atoms with van der Waals surface area (Å²) in [6.07, 6.45) is 4.54. The van der Waals surface area contributed by atoms with E-state index in [0.717, 1.165) is 18.6 Å². The molecular formula is C15H28N2O2S. The zero-order valence-electron chi connectivity index (χ0n) is 13.1. The van der Waals surface area contributed by atoms with Gasteiger partial charge in [0.1, 0.15) is 0 Å². The van der Waals surface area contributed by atoms with Gasteiger partial charge in [-0.2, -0.15) is 11.8 Å². The molecule has 2 atom stereocenters. The molecule has 0 heterocycles. The quantitative estimate of drug-likeness (QED) is 0.819. The molecule has 0 spiro atoms. The van der Waals surface area contributed by atoms with Crippen LogP contribution in [0.3, 0.4) is 0 Å². The van der Waals surface area contributed by atoms with Gasteiger partial charge in [-0.1, -0.05) is 34.1 Å². The van der Waals surface area contributed by atoms with Crippen LogP contribution >= 0.6 is 11.8 Å². The fraction of sp³-hybridized carbons (Fsp3) is 0.867. The summed E-state index contributed by atoms with van der Waals surface area (Å²) < 4.78 is 0. The van der Waals surface area contributed by atoms with Crippen LogP contribution in [0.2, 0.25) is 0 Å². The van der Waals surface area contributed by atoms with E-state index in [2.05, 4.69) is 17.6 Å². The van der Waals surface area contributed by atoms with Crippen molar-refractivity contribution in [2.45, 2.75) is 64.7 Å². The molecule has 5 heteroatoms. The van der Waals surface area contributed by atoms with Crippen molar-refractivity contribution >= 4 is 23.6 Å². The van der Waals surface area contributed by atoms with E-state index in [9.17, 15) is 9.59 Å². The second-order valence-electron chi connectivity index (χ2n) is 6.44. The second-order valence-corrected chi connectivity index (χ2v) is 8.02. The Morgan fingerprint density at radius 2 is 1.95 bits per heavy atom. The third-order valence-corrected chi connectivity index (χ3v) is 4.72. The molecule has 0 aromatic rings. The predicted molar refractivity (Wildman–Crippen MR) is 84.8 cm³/mol. The van der Waals surface area contributed by atoms with Crippen LogP contribution in [0.5, 0.6) is 0 Å². The van der Waals surface area contributed by atoms with Crippen LogP contribution in [0.15, 0.2) is 0 Å². The summed E-state index contributed by atoms with van der Waals surface area (Å²) >= 11 is 1.98. The number of carbonyl (C=O) groups excluding carboxylic acids is 2. The average Bonchev–Trinajstić information content (AvgIpc) is 2.35. The first-order chi connectivity index (χ1) is 9.32. The smallest absolute Gasteiger partial charge is 0.239 e. The van der Waals surface area contributed by atoms with E-state index < -0.39 is 5.41 Å². The predicted octanol–water partition coefficient (Wildman–Crippen LogP) is 2.33.